The van der Waals surface area contributed by atoms with Gasteiger partial charge in [0, 0.05) is 25.1 Å². The Morgan fingerprint density at radius 3 is 3.00 bits per heavy atom. The van der Waals surface area contributed by atoms with Gasteiger partial charge in [-0.25, -0.2) is 0 Å². The lowest BCUT2D eigenvalue weighted by Crippen LogP contribution is -2.47. The molecule has 2 saturated heterocycles. The van der Waals surface area contributed by atoms with Gasteiger partial charge in [-0.05, 0) is 37.9 Å². The van der Waals surface area contributed by atoms with Crippen molar-refractivity contribution in [2.75, 3.05) is 32.9 Å². The van der Waals surface area contributed by atoms with Crippen LogP contribution in [0.15, 0.2) is 24.3 Å². The van der Waals surface area contributed by atoms with Crippen molar-refractivity contribution in [2.45, 2.75) is 31.4 Å². The molecule has 5 heteroatoms. The van der Waals surface area contributed by atoms with Crippen molar-refractivity contribution in [3.63, 3.8) is 0 Å². The van der Waals surface area contributed by atoms with E-state index in [1.54, 1.807) is 0 Å². The van der Waals surface area contributed by atoms with Crippen molar-refractivity contribution in [1.82, 2.24) is 4.90 Å². The van der Waals surface area contributed by atoms with Gasteiger partial charge in [0.2, 0.25) is 0 Å². The van der Waals surface area contributed by atoms with Crippen LogP contribution in [0, 0.1) is 5.92 Å². The number of aliphatic hydroxyl groups is 1. The van der Waals surface area contributed by atoms with Crippen LogP contribution < -0.4 is 4.74 Å². The lowest BCUT2D eigenvalue weighted by molar-refractivity contribution is -0.0634. The predicted molar refractivity (Wildman–Crippen MR) is 86.5 cm³/mol. The van der Waals surface area contributed by atoms with Gasteiger partial charge in [-0.1, -0.05) is 23.7 Å². The third-order valence-corrected chi connectivity index (χ3v) is 5.06. The number of hydrogen-bond acceptors (Lipinski definition) is 4. The number of aliphatic hydroxyl groups excluding tert-OH is 1. The van der Waals surface area contributed by atoms with E-state index in [-0.39, 0.29) is 12.0 Å². The summed E-state index contributed by atoms with van der Waals surface area (Å²) >= 11 is 6.10. The van der Waals surface area contributed by atoms with Gasteiger partial charge in [-0.15, -0.1) is 0 Å². The van der Waals surface area contributed by atoms with Crippen LogP contribution in [0.1, 0.15) is 19.3 Å². The maximum absolute atomic E-state index is 10.2. The predicted octanol–water partition coefficient (Wildman–Crippen LogP) is 2.58. The summed E-state index contributed by atoms with van der Waals surface area (Å²) in [5.41, 5.74) is 0. The van der Waals surface area contributed by atoms with E-state index in [1.807, 2.05) is 24.3 Å². The first kappa shape index (κ1) is 16.1. The van der Waals surface area contributed by atoms with Crippen LogP contribution in [-0.4, -0.2) is 55.1 Å². The van der Waals surface area contributed by atoms with Crippen molar-refractivity contribution in [2.24, 2.45) is 5.92 Å². The molecule has 0 saturated carbocycles. The zero-order chi connectivity index (χ0) is 15.4. The van der Waals surface area contributed by atoms with Gasteiger partial charge >= 0.3 is 0 Å². The van der Waals surface area contributed by atoms with E-state index in [1.165, 1.54) is 6.42 Å². The molecule has 0 aliphatic carbocycles. The quantitative estimate of drug-likeness (QED) is 0.903. The maximum atomic E-state index is 10.2. The molecule has 0 amide bonds. The number of hydrogen-bond donors (Lipinski definition) is 1. The highest BCUT2D eigenvalue weighted by molar-refractivity contribution is 6.32. The Hall–Kier alpha value is -0.810. The number of para-hydroxylation sites is 1. The summed E-state index contributed by atoms with van der Waals surface area (Å²) in [6, 6.07) is 7.96. The van der Waals surface area contributed by atoms with Crippen molar-refractivity contribution in [1.29, 1.82) is 0 Å². The fourth-order valence-corrected chi connectivity index (χ4v) is 3.76. The second-order valence-electron chi connectivity index (χ2n) is 6.12. The zero-order valence-electron chi connectivity index (χ0n) is 12.8. The molecule has 2 aliphatic heterocycles. The first-order chi connectivity index (χ1) is 10.8. The van der Waals surface area contributed by atoms with Crippen LogP contribution in [0.2, 0.25) is 5.02 Å². The second kappa shape index (κ2) is 7.64. The average Bonchev–Trinajstić information content (AvgIpc) is 2.98. The largest absolute Gasteiger partial charge is 0.491 e. The number of rotatable bonds is 5. The molecule has 1 N–H and O–H groups in total. The highest BCUT2D eigenvalue weighted by Crippen LogP contribution is 2.30. The molecule has 0 unspecified atom stereocenters. The van der Waals surface area contributed by atoms with Crippen molar-refractivity contribution < 1.29 is 14.6 Å². The molecule has 0 bridgehead atoms. The summed E-state index contributed by atoms with van der Waals surface area (Å²) in [6.45, 7) is 3.90. The normalized spacial score (nSPS) is 29.6. The van der Waals surface area contributed by atoms with Crippen LogP contribution in [0.5, 0.6) is 5.75 Å². The minimum absolute atomic E-state index is 0.233. The van der Waals surface area contributed by atoms with E-state index in [4.69, 9.17) is 21.1 Å². The van der Waals surface area contributed by atoms with Crippen LogP contribution in [0.25, 0.3) is 0 Å². The van der Waals surface area contributed by atoms with E-state index < -0.39 is 0 Å². The standard InChI is InChI=1S/C17H24ClNO3/c18-14-4-1-2-6-17(14)22-11-9-19-8-3-5-15(19)13-12-21-10-7-16(13)20/h1-2,4,6,13,15-16,20H,3,5,7-12H2/t13-,15-,16-/m1/s1. The minimum Gasteiger partial charge on any atom is -0.491 e. The monoisotopic (exact) mass is 325 g/mol. The number of halogens is 1. The summed E-state index contributed by atoms with van der Waals surface area (Å²) < 4.78 is 11.4. The van der Waals surface area contributed by atoms with E-state index in [0.717, 1.165) is 31.7 Å². The molecule has 1 aromatic carbocycles. The fourth-order valence-electron chi connectivity index (χ4n) is 3.57. The van der Waals surface area contributed by atoms with E-state index in [0.29, 0.717) is 30.9 Å². The van der Waals surface area contributed by atoms with E-state index in [2.05, 4.69) is 4.90 Å². The van der Waals surface area contributed by atoms with Gasteiger partial charge in [0.25, 0.3) is 0 Å². The summed E-state index contributed by atoms with van der Waals surface area (Å²) in [5, 5.41) is 10.9. The molecule has 3 atom stereocenters. The molecular weight excluding hydrogens is 302 g/mol. The fraction of sp³-hybridized carbons (Fsp3) is 0.647. The highest BCUT2D eigenvalue weighted by Gasteiger charge is 2.37. The molecule has 0 radical (unpaired) electrons. The summed E-state index contributed by atoms with van der Waals surface area (Å²) in [7, 11) is 0. The molecule has 0 aromatic heterocycles. The first-order valence-corrected chi connectivity index (χ1v) is 8.50. The Morgan fingerprint density at radius 2 is 2.18 bits per heavy atom. The lowest BCUT2D eigenvalue weighted by atomic mass is 9.89. The highest BCUT2D eigenvalue weighted by atomic mass is 35.5. The Bertz CT molecular complexity index is 485. The van der Waals surface area contributed by atoms with Crippen molar-refractivity contribution in [3.05, 3.63) is 29.3 Å². The molecule has 2 heterocycles. The molecule has 2 fully saturated rings. The third-order valence-electron chi connectivity index (χ3n) is 4.74. The van der Waals surface area contributed by atoms with Crippen LogP contribution in [-0.2, 0) is 4.74 Å². The molecule has 22 heavy (non-hydrogen) atoms. The lowest BCUT2D eigenvalue weighted by Gasteiger charge is -2.37. The van der Waals surface area contributed by atoms with Gasteiger partial charge < -0.3 is 14.6 Å². The van der Waals surface area contributed by atoms with E-state index in [9.17, 15) is 5.11 Å². The molecule has 4 nitrogen and oxygen atoms in total. The summed E-state index contributed by atoms with van der Waals surface area (Å²) in [5.74, 6) is 0.970. The molecular formula is C17H24ClNO3. The van der Waals surface area contributed by atoms with Gasteiger partial charge in [0.1, 0.15) is 12.4 Å². The summed E-state index contributed by atoms with van der Waals surface area (Å²) in [4.78, 5) is 2.43. The molecule has 3 rings (SSSR count). The molecule has 1 aromatic rings. The van der Waals surface area contributed by atoms with Crippen molar-refractivity contribution in [3.8, 4) is 5.75 Å². The van der Waals surface area contributed by atoms with Crippen LogP contribution >= 0.6 is 11.6 Å². The Kier molecular flexibility index (Phi) is 5.58. The number of likely N-dealkylation sites (tertiary alicyclic amines) is 1. The van der Waals surface area contributed by atoms with Crippen LogP contribution in [0.3, 0.4) is 0 Å². The van der Waals surface area contributed by atoms with Crippen LogP contribution in [0.4, 0.5) is 0 Å². The minimum atomic E-state index is -0.233. The first-order valence-electron chi connectivity index (χ1n) is 8.13. The maximum Gasteiger partial charge on any atom is 0.137 e. The smallest absolute Gasteiger partial charge is 0.137 e. The van der Waals surface area contributed by atoms with Gasteiger partial charge in [-0.3, -0.25) is 4.90 Å². The molecule has 0 spiro atoms. The molecule has 122 valence electrons. The zero-order valence-corrected chi connectivity index (χ0v) is 13.5. The summed E-state index contributed by atoms with van der Waals surface area (Å²) in [6.07, 6.45) is 2.84. The van der Waals surface area contributed by atoms with Crippen molar-refractivity contribution >= 4 is 11.6 Å². The van der Waals surface area contributed by atoms with Gasteiger partial charge in [0.15, 0.2) is 0 Å². The van der Waals surface area contributed by atoms with Gasteiger partial charge in [0.05, 0.1) is 17.7 Å². The number of benzene rings is 1. The average molecular weight is 326 g/mol. The Morgan fingerprint density at radius 1 is 1.32 bits per heavy atom. The SMILES string of the molecule is O[C@@H]1CCOC[C@@H]1[C@H]1CCCN1CCOc1ccccc1Cl. The topological polar surface area (TPSA) is 41.9 Å². The second-order valence-corrected chi connectivity index (χ2v) is 6.53. The third kappa shape index (κ3) is 3.74. The molecule has 2 aliphatic rings. The number of nitrogens with zero attached hydrogens (tertiary/aromatic N) is 1. The Labute approximate surface area is 137 Å². The van der Waals surface area contributed by atoms with Gasteiger partial charge in [-0.2, -0.15) is 0 Å². The Balaban J connectivity index is 1.52. The number of ether oxygens (including phenoxy) is 2. The van der Waals surface area contributed by atoms with E-state index >= 15 is 0 Å².